The molecule has 2 aromatic rings. The normalized spacial score (nSPS) is 9.94. The molecule has 0 atom stereocenters. The van der Waals surface area contributed by atoms with Crippen molar-refractivity contribution >= 4 is 23.2 Å². The number of hydrogen-bond donors (Lipinski definition) is 2. The fourth-order valence-electron chi connectivity index (χ4n) is 1.35. The largest absolute Gasteiger partial charge is 0.508 e. The number of nitrogens with one attached hydrogen (secondary N) is 1. The van der Waals surface area contributed by atoms with Crippen LogP contribution in [0, 0.1) is 0 Å². The molecule has 2 aromatic carbocycles. The van der Waals surface area contributed by atoms with Gasteiger partial charge in [-0.1, -0.05) is 11.6 Å². The van der Waals surface area contributed by atoms with E-state index < -0.39 is 0 Å². The van der Waals surface area contributed by atoms with Crippen molar-refractivity contribution in [3.8, 4) is 5.75 Å². The molecular weight excluding hydrogens is 238 g/mol. The molecule has 0 unspecified atom stereocenters. The van der Waals surface area contributed by atoms with E-state index >= 15 is 0 Å². The first-order chi connectivity index (χ1) is 8.15. The van der Waals surface area contributed by atoms with Gasteiger partial charge >= 0.3 is 0 Å². The van der Waals surface area contributed by atoms with Crippen LogP contribution in [0.4, 0.5) is 5.69 Å². The summed E-state index contributed by atoms with van der Waals surface area (Å²) in [7, 11) is 0. The van der Waals surface area contributed by atoms with E-state index in [2.05, 4.69) is 5.32 Å². The first-order valence-corrected chi connectivity index (χ1v) is 5.39. The van der Waals surface area contributed by atoms with Crippen molar-refractivity contribution in [3.05, 3.63) is 59.1 Å². The van der Waals surface area contributed by atoms with Crippen molar-refractivity contribution in [2.24, 2.45) is 0 Å². The average Bonchev–Trinajstić information content (AvgIpc) is 2.33. The molecule has 0 bridgehead atoms. The Bertz CT molecular complexity index is 520. The molecule has 0 aliphatic heterocycles. The molecule has 1 amide bonds. The van der Waals surface area contributed by atoms with Crippen molar-refractivity contribution in [1.82, 2.24) is 0 Å². The maximum atomic E-state index is 11.8. The molecule has 86 valence electrons. The Balaban J connectivity index is 2.11. The van der Waals surface area contributed by atoms with E-state index in [1.807, 2.05) is 0 Å². The zero-order valence-electron chi connectivity index (χ0n) is 8.85. The molecule has 0 aromatic heterocycles. The van der Waals surface area contributed by atoms with Crippen LogP contribution in [0.25, 0.3) is 0 Å². The van der Waals surface area contributed by atoms with Gasteiger partial charge in [0.15, 0.2) is 0 Å². The van der Waals surface area contributed by atoms with Crippen LogP contribution in [-0.2, 0) is 0 Å². The SMILES string of the molecule is O=C(Nc1ccc(O)cc1)c1ccc(Cl)cc1. The molecule has 0 radical (unpaired) electrons. The van der Waals surface area contributed by atoms with Gasteiger partial charge in [-0.25, -0.2) is 0 Å². The van der Waals surface area contributed by atoms with Gasteiger partial charge in [0.25, 0.3) is 5.91 Å². The van der Waals surface area contributed by atoms with Gasteiger partial charge in [-0.05, 0) is 48.5 Å². The highest BCUT2D eigenvalue weighted by Gasteiger charge is 2.05. The molecule has 0 spiro atoms. The van der Waals surface area contributed by atoms with Gasteiger partial charge in [0.2, 0.25) is 0 Å². The minimum absolute atomic E-state index is 0.162. The lowest BCUT2D eigenvalue weighted by Gasteiger charge is -2.05. The van der Waals surface area contributed by atoms with E-state index in [9.17, 15) is 4.79 Å². The summed E-state index contributed by atoms with van der Waals surface area (Å²) in [4.78, 5) is 11.8. The Labute approximate surface area is 104 Å². The third-order valence-corrected chi connectivity index (χ3v) is 2.48. The lowest BCUT2D eigenvalue weighted by Crippen LogP contribution is -2.11. The van der Waals surface area contributed by atoms with E-state index in [-0.39, 0.29) is 11.7 Å². The highest BCUT2D eigenvalue weighted by molar-refractivity contribution is 6.30. The molecule has 3 nitrogen and oxygen atoms in total. The smallest absolute Gasteiger partial charge is 0.255 e. The zero-order chi connectivity index (χ0) is 12.3. The van der Waals surface area contributed by atoms with Crippen molar-refractivity contribution in [2.75, 3.05) is 5.32 Å². The first-order valence-electron chi connectivity index (χ1n) is 5.01. The summed E-state index contributed by atoms with van der Waals surface area (Å²) in [5, 5.41) is 12.4. The van der Waals surface area contributed by atoms with E-state index in [1.165, 1.54) is 12.1 Å². The quantitative estimate of drug-likeness (QED) is 0.800. The maximum Gasteiger partial charge on any atom is 0.255 e. The number of halogens is 1. The minimum atomic E-state index is -0.215. The number of amides is 1. The van der Waals surface area contributed by atoms with E-state index in [0.29, 0.717) is 16.3 Å². The fourth-order valence-corrected chi connectivity index (χ4v) is 1.48. The number of aromatic hydroxyl groups is 1. The molecule has 0 heterocycles. The molecule has 2 N–H and O–H groups in total. The summed E-state index contributed by atoms with van der Waals surface area (Å²) in [5.41, 5.74) is 1.16. The summed E-state index contributed by atoms with van der Waals surface area (Å²) in [6.45, 7) is 0. The second kappa shape index (κ2) is 4.89. The van der Waals surface area contributed by atoms with Crippen LogP contribution in [-0.4, -0.2) is 11.0 Å². The van der Waals surface area contributed by atoms with Crippen LogP contribution >= 0.6 is 11.6 Å². The third-order valence-electron chi connectivity index (χ3n) is 2.23. The van der Waals surface area contributed by atoms with Gasteiger partial charge in [0, 0.05) is 16.3 Å². The number of rotatable bonds is 2. The van der Waals surface area contributed by atoms with Crippen LogP contribution in [0.15, 0.2) is 48.5 Å². The molecule has 17 heavy (non-hydrogen) atoms. The number of phenolic OH excluding ortho intramolecular Hbond substituents is 1. The summed E-state index contributed by atoms with van der Waals surface area (Å²) >= 11 is 5.73. The topological polar surface area (TPSA) is 49.3 Å². The minimum Gasteiger partial charge on any atom is -0.508 e. The number of anilines is 1. The van der Waals surface area contributed by atoms with Crippen LogP contribution in [0.1, 0.15) is 10.4 Å². The van der Waals surface area contributed by atoms with Gasteiger partial charge in [0.05, 0.1) is 0 Å². The number of phenols is 1. The van der Waals surface area contributed by atoms with Crippen LogP contribution in [0.3, 0.4) is 0 Å². The molecule has 4 heteroatoms. The van der Waals surface area contributed by atoms with E-state index in [1.54, 1.807) is 36.4 Å². The average molecular weight is 248 g/mol. The predicted octanol–water partition coefficient (Wildman–Crippen LogP) is 3.30. The lowest BCUT2D eigenvalue weighted by molar-refractivity contribution is 0.102. The van der Waals surface area contributed by atoms with Gasteiger partial charge in [-0.3, -0.25) is 4.79 Å². The Morgan fingerprint density at radius 3 is 2.18 bits per heavy atom. The van der Waals surface area contributed by atoms with Gasteiger partial charge in [-0.2, -0.15) is 0 Å². The van der Waals surface area contributed by atoms with Crippen molar-refractivity contribution in [3.63, 3.8) is 0 Å². The Morgan fingerprint density at radius 1 is 1.00 bits per heavy atom. The van der Waals surface area contributed by atoms with Crippen LogP contribution in [0.2, 0.25) is 5.02 Å². The number of carbonyl (C=O) groups excluding carboxylic acids is 1. The number of benzene rings is 2. The molecule has 0 aliphatic carbocycles. The Kier molecular flexibility index (Phi) is 3.30. The fraction of sp³-hybridized carbons (Fsp3) is 0. The van der Waals surface area contributed by atoms with Gasteiger partial charge < -0.3 is 10.4 Å². The Hall–Kier alpha value is -2.00. The lowest BCUT2D eigenvalue weighted by atomic mass is 10.2. The monoisotopic (exact) mass is 247 g/mol. The molecule has 0 saturated carbocycles. The first kappa shape index (κ1) is 11.5. The molecule has 2 rings (SSSR count). The molecular formula is C13H10ClNO2. The summed E-state index contributed by atoms with van der Waals surface area (Å²) in [6, 6.07) is 12.9. The third kappa shape index (κ3) is 2.98. The van der Waals surface area contributed by atoms with Crippen LogP contribution in [0.5, 0.6) is 5.75 Å². The summed E-state index contributed by atoms with van der Waals surface area (Å²) in [6.07, 6.45) is 0. The molecule has 0 saturated heterocycles. The molecule has 0 aliphatic rings. The van der Waals surface area contributed by atoms with Gasteiger partial charge in [-0.15, -0.1) is 0 Å². The number of carbonyl (C=O) groups is 1. The van der Waals surface area contributed by atoms with E-state index in [0.717, 1.165) is 0 Å². The predicted molar refractivity (Wildman–Crippen MR) is 67.5 cm³/mol. The van der Waals surface area contributed by atoms with Crippen molar-refractivity contribution in [2.45, 2.75) is 0 Å². The maximum absolute atomic E-state index is 11.8. The zero-order valence-corrected chi connectivity index (χ0v) is 9.61. The highest BCUT2D eigenvalue weighted by Crippen LogP contribution is 2.15. The van der Waals surface area contributed by atoms with E-state index in [4.69, 9.17) is 16.7 Å². The summed E-state index contributed by atoms with van der Waals surface area (Å²) in [5.74, 6) is -0.0538. The molecule has 0 fully saturated rings. The van der Waals surface area contributed by atoms with Gasteiger partial charge in [0.1, 0.15) is 5.75 Å². The standard InChI is InChI=1S/C13H10ClNO2/c14-10-3-1-9(2-4-10)13(17)15-11-5-7-12(16)8-6-11/h1-8,16H,(H,15,17). The number of hydrogen-bond acceptors (Lipinski definition) is 2. The summed E-state index contributed by atoms with van der Waals surface area (Å²) < 4.78 is 0. The highest BCUT2D eigenvalue weighted by atomic mass is 35.5. The van der Waals surface area contributed by atoms with Crippen LogP contribution < -0.4 is 5.32 Å². The second-order valence-corrected chi connectivity index (χ2v) is 3.94. The Morgan fingerprint density at radius 2 is 1.59 bits per heavy atom. The second-order valence-electron chi connectivity index (χ2n) is 3.51. The van der Waals surface area contributed by atoms with Crippen molar-refractivity contribution < 1.29 is 9.90 Å². The van der Waals surface area contributed by atoms with Crippen molar-refractivity contribution in [1.29, 1.82) is 0 Å².